The summed E-state index contributed by atoms with van der Waals surface area (Å²) in [7, 11) is 0. The Balaban J connectivity index is 1.79. The fourth-order valence-corrected chi connectivity index (χ4v) is 3.56. The number of rotatable bonds is 11. The number of benzene rings is 3. The van der Waals surface area contributed by atoms with Gasteiger partial charge in [-0.2, -0.15) is 0 Å². The van der Waals surface area contributed by atoms with Crippen LogP contribution in [0.25, 0.3) is 23.3 Å². The van der Waals surface area contributed by atoms with E-state index in [0.717, 1.165) is 52.4 Å². The van der Waals surface area contributed by atoms with Crippen molar-refractivity contribution in [1.29, 1.82) is 0 Å². The van der Waals surface area contributed by atoms with Gasteiger partial charge in [0.05, 0.1) is 6.61 Å². The Morgan fingerprint density at radius 1 is 0.767 bits per heavy atom. The van der Waals surface area contributed by atoms with Crippen LogP contribution < -0.4 is 10.1 Å². The van der Waals surface area contributed by atoms with E-state index in [1.807, 2.05) is 30.4 Å². The Morgan fingerprint density at radius 3 is 2.13 bits per heavy atom. The Hall–Kier alpha value is -3.26. The normalized spacial score (nSPS) is 10.4. The minimum atomic E-state index is 0.733. The third-order valence-corrected chi connectivity index (χ3v) is 5.17. The smallest absolute Gasteiger partial charge is 0.127 e. The first-order valence-electron chi connectivity index (χ1n) is 10.7. The molecule has 0 heterocycles. The van der Waals surface area contributed by atoms with Crippen molar-refractivity contribution in [2.24, 2.45) is 0 Å². The summed E-state index contributed by atoms with van der Waals surface area (Å²) in [6.45, 7) is 11.0. The van der Waals surface area contributed by atoms with E-state index in [1.165, 1.54) is 19.3 Å². The van der Waals surface area contributed by atoms with Crippen LogP contribution in [0.1, 0.15) is 43.7 Å². The third kappa shape index (κ3) is 5.42. The predicted molar refractivity (Wildman–Crippen MR) is 131 cm³/mol. The van der Waals surface area contributed by atoms with Gasteiger partial charge in [0.1, 0.15) is 5.75 Å². The van der Waals surface area contributed by atoms with Gasteiger partial charge in [-0.1, -0.05) is 87.9 Å². The monoisotopic (exact) mass is 397 g/mol. The van der Waals surface area contributed by atoms with Crippen molar-refractivity contribution in [1.82, 2.24) is 0 Å². The van der Waals surface area contributed by atoms with E-state index >= 15 is 0 Å². The van der Waals surface area contributed by atoms with Crippen LogP contribution in [0.3, 0.4) is 0 Å². The Morgan fingerprint density at radius 2 is 1.47 bits per heavy atom. The minimum absolute atomic E-state index is 0.733. The minimum Gasteiger partial charge on any atom is -0.493 e. The molecule has 0 radical (unpaired) electrons. The lowest BCUT2D eigenvalue weighted by Gasteiger charge is -2.16. The average molecular weight is 398 g/mol. The molecule has 30 heavy (non-hydrogen) atoms. The largest absolute Gasteiger partial charge is 0.493 e. The molecule has 0 aromatic heterocycles. The first-order chi connectivity index (χ1) is 14.8. The third-order valence-electron chi connectivity index (χ3n) is 5.17. The van der Waals surface area contributed by atoms with E-state index in [4.69, 9.17) is 4.74 Å². The predicted octanol–water partition coefficient (Wildman–Crippen LogP) is 8.34. The summed E-state index contributed by atoms with van der Waals surface area (Å²) < 4.78 is 6.06. The molecule has 0 unspecified atom stereocenters. The van der Waals surface area contributed by atoms with Crippen molar-refractivity contribution in [2.75, 3.05) is 11.9 Å². The maximum absolute atomic E-state index is 6.06. The van der Waals surface area contributed by atoms with Crippen LogP contribution in [-0.4, -0.2) is 6.61 Å². The molecule has 2 heteroatoms. The molecule has 0 bridgehead atoms. The zero-order chi connectivity index (χ0) is 21.2. The Bertz CT molecular complexity index is 958. The van der Waals surface area contributed by atoms with Crippen LogP contribution in [0.2, 0.25) is 0 Å². The molecule has 3 aromatic carbocycles. The zero-order valence-corrected chi connectivity index (χ0v) is 17.9. The van der Waals surface area contributed by atoms with Gasteiger partial charge in [-0.15, -0.1) is 0 Å². The van der Waals surface area contributed by atoms with Crippen LogP contribution in [0.5, 0.6) is 5.75 Å². The van der Waals surface area contributed by atoms with Crippen LogP contribution in [0, 0.1) is 0 Å². The van der Waals surface area contributed by atoms with Crippen LogP contribution >= 0.6 is 0 Å². The molecule has 0 aliphatic carbocycles. The summed E-state index contributed by atoms with van der Waals surface area (Å²) in [5, 5.41) is 3.42. The van der Waals surface area contributed by atoms with Crippen molar-refractivity contribution in [3.05, 3.63) is 91.0 Å². The molecule has 1 N–H and O–H groups in total. The molecular formula is C28H31NO. The highest BCUT2D eigenvalue weighted by Crippen LogP contribution is 2.35. The van der Waals surface area contributed by atoms with Gasteiger partial charge in [0.2, 0.25) is 0 Å². The fraction of sp³-hybridized carbons (Fsp3) is 0.214. The fourth-order valence-electron chi connectivity index (χ4n) is 3.56. The molecule has 0 spiro atoms. The van der Waals surface area contributed by atoms with Crippen LogP contribution in [-0.2, 0) is 0 Å². The van der Waals surface area contributed by atoms with Gasteiger partial charge in [0, 0.05) is 16.9 Å². The van der Waals surface area contributed by atoms with Crippen molar-refractivity contribution < 1.29 is 4.74 Å². The van der Waals surface area contributed by atoms with Crippen molar-refractivity contribution in [3.8, 4) is 16.9 Å². The van der Waals surface area contributed by atoms with Gasteiger partial charge < -0.3 is 10.1 Å². The van der Waals surface area contributed by atoms with E-state index < -0.39 is 0 Å². The maximum atomic E-state index is 6.06. The first kappa shape index (κ1) is 21.4. The average Bonchev–Trinajstić information content (AvgIpc) is 2.79. The standard InChI is InChI=1S/C28H31NO/c1-4-7-8-12-21-30-28-20-19-27(25(5-2)26(28)6-3)22-15-17-24(18-16-22)29-23-13-10-9-11-14-23/h5-6,9-11,13-20,29H,2-4,7-8,12,21H2,1H3. The van der Waals surface area contributed by atoms with Gasteiger partial charge in [0.15, 0.2) is 0 Å². The number of unbranched alkanes of at least 4 members (excludes halogenated alkanes) is 3. The molecule has 2 nitrogen and oxygen atoms in total. The number of hydrogen-bond donors (Lipinski definition) is 1. The molecule has 0 atom stereocenters. The maximum Gasteiger partial charge on any atom is 0.127 e. The highest BCUT2D eigenvalue weighted by molar-refractivity contribution is 5.83. The molecular weight excluding hydrogens is 366 g/mol. The van der Waals surface area contributed by atoms with Crippen molar-refractivity contribution in [2.45, 2.75) is 32.6 Å². The van der Waals surface area contributed by atoms with E-state index in [1.54, 1.807) is 0 Å². The molecule has 0 aliphatic heterocycles. The quantitative estimate of drug-likeness (QED) is 0.328. The van der Waals surface area contributed by atoms with Gasteiger partial charge in [-0.3, -0.25) is 0 Å². The highest BCUT2D eigenvalue weighted by Gasteiger charge is 2.12. The Kier molecular flexibility index (Phi) is 7.91. The number of anilines is 2. The topological polar surface area (TPSA) is 21.3 Å². The van der Waals surface area contributed by atoms with E-state index in [2.05, 4.69) is 73.9 Å². The van der Waals surface area contributed by atoms with Gasteiger partial charge in [0.25, 0.3) is 0 Å². The second kappa shape index (κ2) is 11.1. The summed E-state index contributed by atoms with van der Waals surface area (Å²) in [4.78, 5) is 0. The summed E-state index contributed by atoms with van der Waals surface area (Å²) in [6.07, 6.45) is 8.53. The zero-order valence-electron chi connectivity index (χ0n) is 17.9. The molecule has 3 rings (SSSR count). The summed E-state index contributed by atoms with van der Waals surface area (Å²) in [6, 6.07) is 22.8. The number of nitrogens with one attached hydrogen (secondary N) is 1. The first-order valence-corrected chi connectivity index (χ1v) is 10.7. The van der Waals surface area contributed by atoms with Gasteiger partial charge in [-0.25, -0.2) is 0 Å². The Labute approximate surface area is 180 Å². The molecule has 0 saturated heterocycles. The SMILES string of the molecule is C=Cc1c(OCCCCCC)ccc(-c2ccc(Nc3ccccc3)cc2)c1C=C. The molecule has 154 valence electrons. The van der Waals surface area contributed by atoms with Gasteiger partial charge in [-0.05, 0) is 53.4 Å². The molecule has 0 amide bonds. The van der Waals surface area contributed by atoms with E-state index in [9.17, 15) is 0 Å². The van der Waals surface area contributed by atoms with Gasteiger partial charge >= 0.3 is 0 Å². The number of ether oxygens (including phenoxy) is 1. The second-order valence-electron chi connectivity index (χ2n) is 7.32. The summed E-state index contributed by atoms with van der Waals surface area (Å²) in [5.74, 6) is 0.877. The van der Waals surface area contributed by atoms with E-state index in [-0.39, 0.29) is 0 Å². The van der Waals surface area contributed by atoms with Crippen molar-refractivity contribution >= 4 is 23.5 Å². The molecule has 3 aromatic rings. The lowest BCUT2D eigenvalue weighted by atomic mass is 9.94. The second-order valence-corrected chi connectivity index (χ2v) is 7.32. The molecule has 0 aliphatic rings. The summed E-state index contributed by atoms with van der Waals surface area (Å²) in [5.41, 5.74) is 6.46. The number of hydrogen-bond acceptors (Lipinski definition) is 2. The van der Waals surface area contributed by atoms with E-state index in [0.29, 0.717) is 0 Å². The van der Waals surface area contributed by atoms with Crippen molar-refractivity contribution in [3.63, 3.8) is 0 Å². The highest BCUT2D eigenvalue weighted by atomic mass is 16.5. The van der Waals surface area contributed by atoms with Crippen LogP contribution in [0.15, 0.2) is 79.9 Å². The van der Waals surface area contributed by atoms with Crippen LogP contribution in [0.4, 0.5) is 11.4 Å². The molecule has 0 saturated carbocycles. The lowest BCUT2D eigenvalue weighted by Crippen LogP contribution is -2.00. The lowest BCUT2D eigenvalue weighted by molar-refractivity contribution is 0.304. The molecule has 0 fully saturated rings. The summed E-state index contributed by atoms with van der Waals surface area (Å²) >= 11 is 0. The number of para-hydroxylation sites is 1.